The lowest BCUT2D eigenvalue weighted by atomic mass is 9.94. The smallest absolute Gasteiger partial charge is 0.230 e. The molecule has 3 heterocycles. The standard InChI is InChI=1S/C29H26ClFN4O/c30-20-10-11-26-23(18-20)27-25(32-28(33-27)22-8-4-5-9-24(22)31)14-17-35(26)29(36)19-12-15-34(16-13-19)21-6-2-1-3-7-21/h1-11,18-19H,12-17H2,(H,32,33). The average Bonchev–Trinajstić information content (AvgIpc) is 3.28. The van der Waals surface area contributed by atoms with Gasteiger partial charge in [0, 0.05) is 48.2 Å². The first-order chi connectivity index (χ1) is 17.6. The van der Waals surface area contributed by atoms with Crippen LogP contribution in [0.2, 0.25) is 5.02 Å². The summed E-state index contributed by atoms with van der Waals surface area (Å²) in [6.07, 6.45) is 2.20. The highest BCUT2D eigenvalue weighted by Crippen LogP contribution is 2.39. The summed E-state index contributed by atoms with van der Waals surface area (Å²) in [5.41, 5.74) is 4.86. The van der Waals surface area contributed by atoms with Crippen LogP contribution in [-0.2, 0) is 11.2 Å². The van der Waals surface area contributed by atoms with Gasteiger partial charge in [-0.1, -0.05) is 41.9 Å². The molecule has 2 aliphatic heterocycles. The van der Waals surface area contributed by atoms with Gasteiger partial charge in [-0.05, 0) is 55.3 Å². The number of rotatable bonds is 3. The predicted octanol–water partition coefficient (Wildman–Crippen LogP) is 6.34. The minimum Gasteiger partial charge on any atom is -0.371 e. The summed E-state index contributed by atoms with van der Waals surface area (Å²) < 4.78 is 14.5. The van der Waals surface area contributed by atoms with E-state index in [1.165, 1.54) is 11.8 Å². The van der Waals surface area contributed by atoms with Gasteiger partial charge in [0.05, 0.1) is 22.6 Å². The number of benzene rings is 3. The molecule has 0 radical (unpaired) electrons. The summed E-state index contributed by atoms with van der Waals surface area (Å²) in [6.45, 7) is 2.23. The van der Waals surface area contributed by atoms with Gasteiger partial charge in [-0.2, -0.15) is 0 Å². The predicted molar refractivity (Wildman–Crippen MR) is 142 cm³/mol. The van der Waals surface area contributed by atoms with Crippen molar-refractivity contribution < 1.29 is 9.18 Å². The number of imidazole rings is 1. The second kappa shape index (κ2) is 9.43. The number of carbonyl (C=O) groups excluding carboxylic acids is 1. The molecule has 1 fully saturated rings. The van der Waals surface area contributed by atoms with Gasteiger partial charge in [0.2, 0.25) is 5.91 Å². The first kappa shape index (κ1) is 22.8. The van der Waals surface area contributed by atoms with Crippen molar-refractivity contribution >= 4 is 28.9 Å². The number of halogens is 2. The molecular weight excluding hydrogens is 475 g/mol. The Labute approximate surface area is 214 Å². The van der Waals surface area contributed by atoms with E-state index >= 15 is 0 Å². The highest BCUT2D eigenvalue weighted by molar-refractivity contribution is 6.31. The second-order valence-electron chi connectivity index (χ2n) is 9.39. The van der Waals surface area contributed by atoms with Crippen molar-refractivity contribution in [2.45, 2.75) is 19.3 Å². The Balaban J connectivity index is 1.29. The Morgan fingerprint density at radius 3 is 2.47 bits per heavy atom. The van der Waals surface area contributed by atoms with E-state index in [0.717, 1.165) is 48.6 Å². The zero-order valence-electron chi connectivity index (χ0n) is 19.8. The largest absolute Gasteiger partial charge is 0.371 e. The van der Waals surface area contributed by atoms with E-state index in [2.05, 4.69) is 22.0 Å². The quantitative estimate of drug-likeness (QED) is 0.357. The maximum atomic E-state index is 14.5. The molecule has 2 aliphatic rings. The maximum absolute atomic E-state index is 14.5. The summed E-state index contributed by atoms with van der Waals surface area (Å²) in [4.78, 5) is 26.1. The van der Waals surface area contributed by atoms with Crippen LogP contribution in [0, 0.1) is 11.7 Å². The van der Waals surface area contributed by atoms with Gasteiger partial charge in [-0.3, -0.25) is 4.79 Å². The fraction of sp³-hybridized carbons (Fsp3) is 0.241. The molecule has 6 rings (SSSR count). The number of aromatic nitrogens is 2. The van der Waals surface area contributed by atoms with E-state index in [-0.39, 0.29) is 17.6 Å². The van der Waals surface area contributed by atoms with E-state index in [9.17, 15) is 9.18 Å². The van der Waals surface area contributed by atoms with Crippen LogP contribution in [0.25, 0.3) is 22.6 Å². The zero-order chi connectivity index (χ0) is 24.6. The number of fused-ring (bicyclic) bond motifs is 3. The summed E-state index contributed by atoms with van der Waals surface area (Å²) in [7, 11) is 0. The van der Waals surface area contributed by atoms with Gasteiger partial charge in [-0.25, -0.2) is 9.37 Å². The first-order valence-electron chi connectivity index (χ1n) is 12.3. The van der Waals surface area contributed by atoms with Crippen LogP contribution in [0.4, 0.5) is 15.8 Å². The first-order valence-corrected chi connectivity index (χ1v) is 12.7. The molecule has 1 saturated heterocycles. The van der Waals surface area contributed by atoms with Crippen LogP contribution in [0.5, 0.6) is 0 Å². The van der Waals surface area contributed by atoms with Crippen LogP contribution in [-0.4, -0.2) is 35.5 Å². The van der Waals surface area contributed by atoms with Gasteiger partial charge in [0.15, 0.2) is 0 Å². The Morgan fingerprint density at radius 2 is 1.69 bits per heavy atom. The molecule has 0 unspecified atom stereocenters. The minimum atomic E-state index is -0.327. The Kier molecular flexibility index (Phi) is 5.97. The van der Waals surface area contributed by atoms with E-state index in [0.29, 0.717) is 29.4 Å². The highest BCUT2D eigenvalue weighted by atomic mass is 35.5. The van der Waals surface area contributed by atoms with E-state index in [1.807, 2.05) is 41.3 Å². The number of aromatic amines is 1. The molecule has 7 heteroatoms. The second-order valence-corrected chi connectivity index (χ2v) is 9.82. The minimum absolute atomic E-state index is 0.0353. The Morgan fingerprint density at radius 1 is 0.944 bits per heavy atom. The van der Waals surface area contributed by atoms with Gasteiger partial charge < -0.3 is 14.8 Å². The van der Waals surface area contributed by atoms with Crippen LogP contribution in [0.3, 0.4) is 0 Å². The molecule has 1 N–H and O–H groups in total. The summed E-state index contributed by atoms with van der Waals surface area (Å²) in [5, 5.41) is 0.576. The molecule has 1 amide bonds. The van der Waals surface area contributed by atoms with Crippen molar-refractivity contribution in [2.24, 2.45) is 5.92 Å². The van der Waals surface area contributed by atoms with Crippen LogP contribution >= 0.6 is 11.6 Å². The number of carbonyl (C=O) groups is 1. The third kappa shape index (κ3) is 4.16. The summed E-state index contributed by atoms with van der Waals surface area (Å²) in [5.74, 6) is 0.265. The van der Waals surface area contributed by atoms with Crippen molar-refractivity contribution in [1.82, 2.24) is 9.97 Å². The molecular formula is C29H26ClFN4O. The molecule has 3 aromatic carbocycles. The lowest BCUT2D eigenvalue weighted by molar-refractivity contribution is -0.123. The number of amides is 1. The summed E-state index contributed by atoms with van der Waals surface area (Å²) >= 11 is 6.39. The van der Waals surface area contributed by atoms with Gasteiger partial charge in [0.25, 0.3) is 0 Å². The Hall–Kier alpha value is -3.64. The monoisotopic (exact) mass is 500 g/mol. The molecule has 5 nitrogen and oxygen atoms in total. The molecule has 0 saturated carbocycles. The molecule has 0 spiro atoms. The highest BCUT2D eigenvalue weighted by Gasteiger charge is 2.33. The fourth-order valence-electron chi connectivity index (χ4n) is 5.35. The zero-order valence-corrected chi connectivity index (χ0v) is 20.5. The normalized spacial score (nSPS) is 15.8. The number of nitrogens with zero attached hydrogens (tertiary/aromatic N) is 3. The fourth-order valence-corrected chi connectivity index (χ4v) is 5.52. The maximum Gasteiger partial charge on any atom is 0.230 e. The number of H-pyrrole nitrogens is 1. The van der Waals surface area contributed by atoms with Gasteiger partial charge in [0.1, 0.15) is 11.6 Å². The average molecular weight is 501 g/mol. The van der Waals surface area contributed by atoms with Crippen molar-refractivity contribution in [3.05, 3.63) is 89.3 Å². The molecule has 0 bridgehead atoms. The molecule has 0 atom stereocenters. The number of anilines is 2. The van der Waals surface area contributed by atoms with E-state index in [1.54, 1.807) is 18.2 Å². The molecule has 0 aliphatic carbocycles. The third-order valence-corrected chi connectivity index (χ3v) is 7.47. The van der Waals surface area contributed by atoms with Crippen molar-refractivity contribution in [3.63, 3.8) is 0 Å². The topological polar surface area (TPSA) is 52.2 Å². The van der Waals surface area contributed by atoms with Crippen molar-refractivity contribution in [1.29, 1.82) is 0 Å². The van der Waals surface area contributed by atoms with E-state index < -0.39 is 0 Å². The number of hydrogen-bond acceptors (Lipinski definition) is 3. The summed E-state index contributed by atoms with van der Waals surface area (Å²) in [6, 6.07) is 22.5. The van der Waals surface area contributed by atoms with Gasteiger partial charge in [-0.15, -0.1) is 0 Å². The molecule has 182 valence electrons. The van der Waals surface area contributed by atoms with Crippen LogP contribution in [0.15, 0.2) is 72.8 Å². The number of para-hydroxylation sites is 1. The SMILES string of the molecule is O=C(C1CCN(c2ccccc2)CC1)N1CCc2nc(-c3ccccc3F)[nH]c2-c2cc(Cl)ccc21. The number of hydrogen-bond donors (Lipinski definition) is 1. The lowest BCUT2D eigenvalue weighted by Crippen LogP contribution is -2.43. The van der Waals surface area contributed by atoms with Crippen LogP contribution in [0.1, 0.15) is 18.5 Å². The van der Waals surface area contributed by atoms with Gasteiger partial charge >= 0.3 is 0 Å². The molecule has 4 aromatic rings. The third-order valence-electron chi connectivity index (χ3n) is 7.23. The molecule has 1 aromatic heterocycles. The van der Waals surface area contributed by atoms with E-state index in [4.69, 9.17) is 16.6 Å². The number of piperidine rings is 1. The lowest BCUT2D eigenvalue weighted by Gasteiger charge is -2.35. The van der Waals surface area contributed by atoms with Crippen LogP contribution < -0.4 is 9.80 Å². The molecule has 36 heavy (non-hydrogen) atoms. The van der Waals surface area contributed by atoms with Crippen molar-refractivity contribution in [2.75, 3.05) is 29.4 Å². The Bertz CT molecular complexity index is 1410. The number of nitrogens with one attached hydrogen (secondary N) is 1. The van der Waals surface area contributed by atoms with Crippen molar-refractivity contribution in [3.8, 4) is 22.6 Å².